The third kappa shape index (κ3) is 5.67. The standard InChI is InChI=1S/C23H28FN5/c1-4-25-23(26-14-19-10-12-21(24)13-11-19)27-15-22-17(2)28-29(18(22)3)16-20-8-6-5-7-9-20/h5-13H,4,14-16H2,1-3H3,(H2,25,26,27). The molecule has 0 aliphatic heterocycles. The Hall–Kier alpha value is -3.15. The first-order valence-electron chi connectivity index (χ1n) is 9.90. The Bertz CT molecular complexity index is 945. The Morgan fingerprint density at radius 2 is 1.72 bits per heavy atom. The number of nitrogens with zero attached hydrogens (tertiary/aromatic N) is 3. The van der Waals surface area contributed by atoms with E-state index in [0.717, 1.165) is 36.0 Å². The zero-order chi connectivity index (χ0) is 20.6. The van der Waals surface area contributed by atoms with Gasteiger partial charge in [-0.3, -0.25) is 4.68 Å². The molecule has 3 rings (SSSR count). The molecule has 0 fully saturated rings. The molecule has 0 amide bonds. The average Bonchev–Trinajstić information content (AvgIpc) is 2.99. The van der Waals surface area contributed by atoms with Crippen molar-refractivity contribution < 1.29 is 4.39 Å². The smallest absolute Gasteiger partial charge is 0.191 e. The predicted octanol–water partition coefficient (Wildman–Crippen LogP) is 3.94. The molecule has 0 atom stereocenters. The van der Waals surface area contributed by atoms with Crippen LogP contribution in [-0.4, -0.2) is 22.3 Å². The number of rotatable bonds is 7. The number of aromatic nitrogens is 2. The van der Waals surface area contributed by atoms with Crippen molar-refractivity contribution in [1.29, 1.82) is 0 Å². The number of halogens is 1. The minimum absolute atomic E-state index is 0.235. The average molecular weight is 394 g/mol. The maximum Gasteiger partial charge on any atom is 0.191 e. The van der Waals surface area contributed by atoms with Gasteiger partial charge in [0, 0.05) is 24.3 Å². The van der Waals surface area contributed by atoms with E-state index < -0.39 is 0 Å². The lowest BCUT2D eigenvalue weighted by Crippen LogP contribution is -2.37. The number of guanidine groups is 1. The SMILES string of the molecule is CCNC(=NCc1ccc(F)cc1)NCc1c(C)nn(Cc2ccccc2)c1C. The van der Waals surface area contributed by atoms with Crippen LogP contribution in [0.15, 0.2) is 59.6 Å². The van der Waals surface area contributed by atoms with Crippen molar-refractivity contribution in [3.05, 3.63) is 88.5 Å². The third-order valence-electron chi connectivity index (χ3n) is 4.82. The van der Waals surface area contributed by atoms with Crippen LogP contribution >= 0.6 is 0 Å². The molecule has 0 aliphatic rings. The van der Waals surface area contributed by atoms with Crippen LogP contribution < -0.4 is 10.6 Å². The summed E-state index contributed by atoms with van der Waals surface area (Å²) in [5.41, 5.74) is 5.53. The van der Waals surface area contributed by atoms with E-state index in [9.17, 15) is 4.39 Å². The van der Waals surface area contributed by atoms with Gasteiger partial charge in [-0.1, -0.05) is 42.5 Å². The maximum absolute atomic E-state index is 13.1. The molecule has 152 valence electrons. The van der Waals surface area contributed by atoms with Crippen LogP contribution in [0.5, 0.6) is 0 Å². The lowest BCUT2D eigenvalue weighted by atomic mass is 10.2. The summed E-state index contributed by atoms with van der Waals surface area (Å²) in [6.07, 6.45) is 0. The summed E-state index contributed by atoms with van der Waals surface area (Å²) in [7, 11) is 0. The lowest BCUT2D eigenvalue weighted by molar-refractivity contribution is 0.627. The Morgan fingerprint density at radius 3 is 2.41 bits per heavy atom. The topological polar surface area (TPSA) is 54.2 Å². The van der Waals surface area contributed by atoms with E-state index in [1.165, 1.54) is 23.3 Å². The van der Waals surface area contributed by atoms with E-state index in [-0.39, 0.29) is 5.82 Å². The van der Waals surface area contributed by atoms with Crippen molar-refractivity contribution in [3.63, 3.8) is 0 Å². The number of hydrogen-bond acceptors (Lipinski definition) is 2. The molecule has 0 unspecified atom stereocenters. The maximum atomic E-state index is 13.1. The molecule has 5 nitrogen and oxygen atoms in total. The van der Waals surface area contributed by atoms with Crippen molar-refractivity contribution in [2.45, 2.75) is 40.4 Å². The van der Waals surface area contributed by atoms with Crippen molar-refractivity contribution >= 4 is 5.96 Å². The zero-order valence-electron chi connectivity index (χ0n) is 17.2. The Morgan fingerprint density at radius 1 is 1.00 bits per heavy atom. The molecule has 2 N–H and O–H groups in total. The predicted molar refractivity (Wildman–Crippen MR) is 115 cm³/mol. The highest BCUT2D eigenvalue weighted by molar-refractivity contribution is 5.79. The minimum Gasteiger partial charge on any atom is -0.357 e. The minimum atomic E-state index is -0.235. The van der Waals surface area contributed by atoms with Crippen molar-refractivity contribution in [2.24, 2.45) is 4.99 Å². The normalized spacial score (nSPS) is 11.5. The fourth-order valence-electron chi connectivity index (χ4n) is 3.17. The second-order valence-electron chi connectivity index (χ2n) is 6.97. The molecule has 0 radical (unpaired) electrons. The van der Waals surface area contributed by atoms with E-state index in [0.29, 0.717) is 13.1 Å². The van der Waals surface area contributed by atoms with Crippen LogP contribution in [0.1, 0.15) is 35.0 Å². The van der Waals surface area contributed by atoms with Crippen LogP contribution in [0, 0.1) is 19.7 Å². The van der Waals surface area contributed by atoms with Gasteiger partial charge in [0.15, 0.2) is 5.96 Å². The number of aliphatic imine (C=N–C) groups is 1. The Kier molecular flexibility index (Phi) is 7.00. The summed E-state index contributed by atoms with van der Waals surface area (Å²) in [5.74, 6) is 0.493. The van der Waals surface area contributed by atoms with Gasteiger partial charge in [-0.05, 0) is 44.0 Å². The third-order valence-corrected chi connectivity index (χ3v) is 4.82. The Labute approximate surface area is 171 Å². The number of hydrogen-bond donors (Lipinski definition) is 2. The number of nitrogens with one attached hydrogen (secondary N) is 2. The van der Waals surface area contributed by atoms with Gasteiger partial charge in [0.2, 0.25) is 0 Å². The molecule has 2 aromatic carbocycles. The molecule has 1 heterocycles. The number of benzene rings is 2. The number of aryl methyl sites for hydroxylation is 1. The molecular weight excluding hydrogens is 365 g/mol. The van der Waals surface area contributed by atoms with Gasteiger partial charge in [0.25, 0.3) is 0 Å². The molecule has 3 aromatic rings. The van der Waals surface area contributed by atoms with Crippen LogP contribution in [0.3, 0.4) is 0 Å². The molecule has 0 bridgehead atoms. The van der Waals surface area contributed by atoms with Gasteiger partial charge in [0.05, 0.1) is 18.8 Å². The van der Waals surface area contributed by atoms with Crippen molar-refractivity contribution in [1.82, 2.24) is 20.4 Å². The van der Waals surface area contributed by atoms with Gasteiger partial charge < -0.3 is 10.6 Å². The van der Waals surface area contributed by atoms with Gasteiger partial charge >= 0.3 is 0 Å². The van der Waals surface area contributed by atoms with Gasteiger partial charge in [0.1, 0.15) is 5.82 Å². The van der Waals surface area contributed by atoms with Crippen LogP contribution in [-0.2, 0) is 19.6 Å². The molecule has 0 aliphatic carbocycles. The van der Waals surface area contributed by atoms with Gasteiger partial charge in [-0.25, -0.2) is 9.38 Å². The second-order valence-corrected chi connectivity index (χ2v) is 6.97. The fraction of sp³-hybridized carbons (Fsp3) is 0.304. The van der Waals surface area contributed by atoms with E-state index in [1.54, 1.807) is 12.1 Å². The lowest BCUT2D eigenvalue weighted by Gasteiger charge is -2.12. The molecule has 1 aromatic heterocycles. The molecule has 29 heavy (non-hydrogen) atoms. The van der Waals surface area contributed by atoms with Crippen molar-refractivity contribution in [3.8, 4) is 0 Å². The second kappa shape index (κ2) is 9.87. The van der Waals surface area contributed by atoms with E-state index in [1.807, 2.05) is 36.7 Å². The highest BCUT2D eigenvalue weighted by atomic mass is 19.1. The fourth-order valence-corrected chi connectivity index (χ4v) is 3.17. The van der Waals surface area contributed by atoms with E-state index in [2.05, 4.69) is 34.7 Å². The van der Waals surface area contributed by atoms with E-state index in [4.69, 9.17) is 5.10 Å². The van der Waals surface area contributed by atoms with Crippen molar-refractivity contribution in [2.75, 3.05) is 6.54 Å². The quantitative estimate of drug-likeness (QED) is 0.472. The summed E-state index contributed by atoms with van der Waals surface area (Å²) < 4.78 is 15.1. The van der Waals surface area contributed by atoms with E-state index >= 15 is 0 Å². The van der Waals surface area contributed by atoms with Gasteiger partial charge in [-0.15, -0.1) is 0 Å². The zero-order valence-corrected chi connectivity index (χ0v) is 17.2. The Balaban J connectivity index is 1.67. The molecule has 0 saturated heterocycles. The summed E-state index contributed by atoms with van der Waals surface area (Å²) in [4.78, 5) is 4.61. The van der Waals surface area contributed by atoms with Crippen LogP contribution in [0.4, 0.5) is 4.39 Å². The molecule has 6 heteroatoms. The van der Waals surface area contributed by atoms with Crippen LogP contribution in [0.25, 0.3) is 0 Å². The highest BCUT2D eigenvalue weighted by Gasteiger charge is 2.12. The summed E-state index contributed by atoms with van der Waals surface area (Å²) in [6, 6.07) is 16.8. The molecular formula is C23H28FN5. The largest absolute Gasteiger partial charge is 0.357 e. The summed E-state index contributed by atoms with van der Waals surface area (Å²) in [6.45, 7) is 8.81. The first-order chi connectivity index (χ1) is 14.1. The first-order valence-corrected chi connectivity index (χ1v) is 9.90. The first kappa shape index (κ1) is 20.6. The monoisotopic (exact) mass is 393 g/mol. The van der Waals surface area contributed by atoms with Crippen LogP contribution in [0.2, 0.25) is 0 Å². The molecule has 0 spiro atoms. The molecule has 0 saturated carbocycles. The summed E-state index contributed by atoms with van der Waals surface area (Å²) in [5, 5.41) is 11.4. The highest BCUT2D eigenvalue weighted by Crippen LogP contribution is 2.14. The summed E-state index contributed by atoms with van der Waals surface area (Å²) >= 11 is 0. The van der Waals surface area contributed by atoms with Gasteiger partial charge in [-0.2, -0.15) is 5.10 Å².